The molecule has 1 saturated heterocycles. The number of nitrogens with zero attached hydrogens (tertiary/aromatic N) is 1. The Hall–Kier alpha value is -3.28. The molecule has 0 atom stereocenters. The molecule has 2 aromatic carbocycles. The molecule has 10 nitrogen and oxygen atoms in total. The van der Waals surface area contributed by atoms with Gasteiger partial charge in [0.1, 0.15) is 0 Å². The van der Waals surface area contributed by atoms with Crippen molar-refractivity contribution in [1.29, 1.82) is 0 Å². The van der Waals surface area contributed by atoms with Crippen molar-refractivity contribution in [3.05, 3.63) is 48.2 Å². The monoisotopic (exact) mass is 556 g/mol. The van der Waals surface area contributed by atoms with Crippen molar-refractivity contribution in [2.75, 3.05) is 52.3 Å². The van der Waals surface area contributed by atoms with Crippen LogP contribution in [0.1, 0.15) is 49.9 Å². The number of aliphatic hydroxyl groups excluding tert-OH is 2. The van der Waals surface area contributed by atoms with Crippen molar-refractivity contribution >= 4 is 49.6 Å². The molecule has 1 aromatic heterocycles. The zero-order chi connectivity index (χ0) is 27.8. The van der Waals surface area contributed by atoms with Gasteiger partial charge in [-0.15, -0.1) is 0 Å². The number of piperidine rings is 1. The first kappa shape index (κ1) is 27.3. The number of hydrogen-bond donors (Lipinski definition) is 5. The van der Waals surface area contributed by atoms with Crippen molar-refractivity contribution in [2.45, 2.75) is 45.1 Å². The summed E-state index contributed by atoms with van der Waals surface area (Å²) in [7, 11) is -3.71. The maximum Gasteiger partial charge on any atom is 0.257 e. The van der Waals surface area contributed by atoms with Gasteiger partial charge < -0.3 is 30.2 Å². The molecule has 3 aromatic rings. The molecule has 5 rings (SSSR count). The number of aliphatic hydroxyl groups is 2. The number of fused-ring (bicyclic) bond motifs is 1. The summed E-state index contributed by atoms with van der Waals surface area (Å²) in [6, 6.07) is 10.3. The van der Waals surface area contributed by atoms with Crippen LogP contribution in [0.5, 0.6) is 0 Å². The first-order valence-electron chi connectivity index (χ1n) is 13.2. The van der Waals surface area contributed by atoms with Crippen LogP contribution < -0.4 is 20.3 Å². The van der Waals surface area contributed by atoms with Gasteiger partial charge in [0.2, 0.25) is 10.0 Å². The number of hydrogen-bond acceptors (Lipinski definition) is 8. The number of anilines is 4. The van der Waals surface area contributed by atoms with Crippen molar-refractivity contribution in [1.82, 2.24) is 0 Å². The van der Waals surface area contributed by atoms with E-state index in [0.29, 0.717) is 39.3 Å². The Morgan fingerprint density at radius 1 is 1.05 bits per heavy atom. The average Bonchev–Trinajstić information content (AvgIpc) is 3.45. The predicted octanol–water partition coefficient (Wildman–Crippen LogP) is 3.98. The number of carbonyl (C=O) groups is 1. The molecule has 11 heteroatoms. The van der Waals surface area contributed by atoms with E-state index in [-0.39, 0.29) is 12.5 Å². The summed E-state index contributed by atoms with van der Waals surface area (Å²) >= 11 is 0. The van der Waals surface area contributed by atoms with Crippen LogP contribution in [0.15, 0.2) is 47.1 Å². The normalized spacial score (nSPS) is 16.9. The summed E-state index contributed by atoms with van der Waals surface area (Å²) in [5.41, 5.74) is 3.09. The van der Waals surface area contributed by atoms with E-state index in [2.05, 4.69) is 20.3 Å². The molecule has 210 valence electrons. The topological polar surface area (TPSA) is 144 Å². The van der Waals surface area contributed by atoms with Gasteiger partial charge in [-0.05, 0) is 81.3 Å². The minimum absolute atomic E-state index is 0.0965. The number of rotatable bonds is 10. The summed E-state index contributed by atoms with van der Waals surface area (Å²) < 4.78 is 32.7. The van der Waals surface area contributed by atoms with Gasteiger partial charge in [-0.25, -0.2) is 8.42 Å². The molecule has 0 bridgehead atoms. The standard InChI is InChI=1S/C28H36N4O6S/c1-27(2,18-34)30-23-16-21(15-19-5-13-38-25(19)23)29-26(35)22-4-3-20(31-39(36,37)14-12-33)17-24(22)32-10-8-28(6-7-28)9-11-32/h3-5,13,15-17,30-31,33-34H,6-12,14,18H2,1-2H3,(H,29,35). The minimum Gasteiger partial charge on any atom is -0.462 e. The zero-order valence-electron chi connectivity index (χ0n) is 22.3. The Balaban J connectivity index is 1.45. The summed E-state index contributed by atoms with van der Waals surface area (Å²) in [6.07, 6.45) is 6.15. The van der Waals surface area contributed by atoms with Gasteiger partial charge in [0.05, 0.1) is 53.4 Å². The highest BCUT2D eigenvalue weighted by Crippen LogP contribution is 2.54. The smallest absolute Gasteiger partial charge is 0.257 e. The maximum atomic E-state index is 13.7. The fourth-order valence-corrected chi connectivity index (χ4v) is 5.98. The van der Waals surface area contributed by atoms with Crippen LogP contribution in [0.2, 0.25) is 0 Å². The fraction of sp³-hybridized carbons (Fsp3) is 0.464. The number of carbonyl (C=O) groups excluding carboxylic acids is 1. The molecule has 1 amide bonds. The van der Waals surface area contributed by atoms with Gasteiger partial charge in [-0.1, -0.05) is 0 Å². The number of nitrogens with one attached hydrogen (secondary N) is 3. The summed E-state index contributed by atoms with van der Waals surface area (Å²) in [6.45, 7) is 4.72. The quantitative estimate of drug-likeness (QED) is 0.252. The lowest BCUT2D eigenvalue weighted by Crippen LogP contribution is -2.36. The van der Waals surface area contributed by atoms with E-state index in [1.165, 1.54) is 12.8 Å². The van der Waals surface area contributed by atoms with Gasteiger partial charge in [0, 0.05) is 24.2 Å². The molecule has 1 saturated carbocycles. The van der Waals surface area contributed by atoms with Crippen LogP contribution >= 0.6 is 0 Å². The van der Waals surface area contributed by atoms with Gasteiger partial charge in [-0.2, -0.15) is 0 Å². The third-order valence-corrected chi connectivity index (χ3v) is 8.94. The molecule has 1 spiro atoms. The van der Waals surface area contributed by atoms with E-state index >= 15 is 0 Å². The molecule has 2 fully saturated rings. The highest BCUT2D eigenvalue weighted by Gasteiger charge is 2.44. The molecular weight excluding hydrogens is 520 g/mol. The third kappa shape index (κ3) is 6.15. The molecule has 0 radical (unpaired) electrons. The lowest BCUT2D eigenvalue weighted by Gasteiger charge is -2.35. The van der Waals surface area contributed by atoms with Gasteiger partial charge in [-0.3, -0.25) is 9.52 Å². The third-order valence-electron chi connectivity index (χ3n) is 7.67. The summed E-state index contributed by atoms with van der Waals surface area (Å²) in [4.78, 5) is 15.8. The molecule has 2 heterocycles. The minimum atomic E-state index is -3.71. The molecule has 39 heavy (non-hydrogen) atoms. The van der Waals surface area contributed by atoms with Crippen LogP contribution in [0.4, 0.5) is 22.7 Å². The van der Waals surface area contributed by atoms with Crippen LogP contribution in [0.25, 0.3) is 11.0 Å². The fourth-order valence-electron chi connectivity index (χ4n) is 5.15. The van der Waals surface area contributed by atoms with Gasteiger partial charge in [0.15, 0.2) is 5.58 Å². The second-order valence-corrected chi connectivity index (χ2v) is 13.2. The van der Waals surface area contributed by atoms with E-state index in [4.69, 9.17) is 9.52 Å². The number of benzene rings is 2. The van der Waals surface area contributed by atoms with Crippen LogP contribution in [-0.4, -0.2) is 62.1 Å². The average molecular weight is 557 g/mol. The lowest BCUT2D eigenvalue weighted by molar-refractivity contribution is 0.102. The van der Waals surface area contributed by atoms with Crippen LogP contribution in [-0.2, 0) is 10.0 Å². The van der Waals surface area contributed by atoms with Crippen molar-refractivity contribution in [2.24, 2.45) is 5.41 Å². The van der Waals surface area contributed by atoms with Crippen molar-refractivity contribution in [3.8, 4) is 0 Å². The Morgan fingerprint density at radius 3 is 2.46 bits per heavy atom. The predicted molar refractivity (Wildman–Crippen MR) is 153 cm³/mol. The highest BCUT2D eigenvalue weighted by molar-refractivity contribution is 7.92. The van der Waals surface area contributed by atoms with E-state index in [0.717, 1.165) is 31.3 Å². The highest BCUT2D eigenvalue weighted by atomic mass is 32.2. The first-order chi connectivity index (χ1) is 18.5. The number of furan rings is 1. The first-order valence-corrected chi connectivity index (χ1v) is 14.9. The van der Waals surface area contributed by atoms with E-state index in [1.807, 2.05) is 26.0 Å². The molecular formula is C28H36N4O6S. The second kappa shape index (κ2) is 10.4. The summed E-state index contributed by atoms with van der Waals surface area (Å²) in [5.74, 6) is -0.729. The van der Waals surface area contributed by atoms with E-state index < -0.39 is 27.9 Å². The van der Waals surface area contributed by atoms with Crippen molar-refractivity contribution < 1.29 is 27.8 Å². The second-order valence-electron chi connectivity index (χ2n) is 11.3. The largest absolute Gasteiger partial charge is 0.462 e. The summed E-state index contributed by atoms with van der Waals surface area (Å²) in [5, 5.41) is 25.9. The Labute approximate surface area is 228 Å². The molecule has 5 N–H and O–H groups in total. The maximum absolute atomic E-state index is 13.7. The zero-order valence-corrected chi connectivity index (χ0v) is 23.1. The van der Waals surface area contributed by atoms with Crippen LogP contribution in [0, 0.1) is 5.41 Å². The SMILES string of the molecule is CC(C)(CO)Nc1cc(NC(=O)c2ccc(NS(=O)(=O)CCO)cc2N2CCC3(CC2)CC3)cc2ccoc12. The van der Waals surface area contributed by atoms with E-state index in [1.54, 1.807) is 30.5 Å². The molecule has 1 aliphatic heterocycles. The van der Waals surface area contributed by atoms with Crippen molar-refractivity contribution in [3.63, 3.8) is 0 Å². The molecule has 1 aliphatic carbocycles. The van der Waals surface area contributed by atoms with Gasteiger partial charge >= 0.3 is 0 Å². The number of sulfonamides is 1. The Morgan fingerprint density at radius 2 is 1.79 bits per heavy atom. The Kier molecular flexibility index (Phi) is 7.25. The van der Waals surface area contributed by atoms with Gasteiger partial charge in [0.25, 0.3) is 5.91 Å². The molecule has 2 aliphatic rings. The number of amides is 1. The molecule has 0 unspecified atom stereocenters. The Bertz CT molecular complexity index is 1470. The lowest BCUT2D eigenvalue weighted by atomic mass is 9.93. The van der Waals surface area contributed by atoms with Crippen LogP contribution in [0.3, 0.4) is 0 Å². The van der Waals surface area contributed by atoms with E-state index in [9.17, 15) is 18.3 Å².